The van der Waals surface area contributed by atoms with Crippen LogP contribution < -0.4 is 0 Å². The lowest BCUT2D eigenvalue weighted by Gasteiger charge is -2.11. The fourth-order valence-electron chi connectivity index (χ4n) is 7.22. The lowest BCUT2D eigenvalue weighted by molar-refractivity contribution is 1.06. The van der Waals surface area contributed by atoms with Crippen molar-refractivity contribution in [2.45, 2.75) is 0 Å². The molecule has 192 valence electrons. The molecule has 10 rings (SSSR count). The first-order valence-electron chi connectivity index (χ1n) is 14.0. The Morgan fingerprint density at radius 1 is 0.524 bits per heavy atom. The summed E-state index contributed by atoms with van der Waals surface area (Å²) in [5, 5.41) is 19.8. The number of hydrogen-bond acceptors (Lipinski definition) is 3. The van der Waals surface area contributed by atoms with Crippen molar-refractivity contribution in [3.05, 3.63) is 121 Å². The third kappa shape index (κ3) is 2.53. The van der Waals surface area contributed by atoms with Gasteiger partial charge < -0.3 is 4.40 Å². The van der Waals surface area contributed by atoms with Crippen molar-refractivity contribution in [1.82, 2.24) is 18.9 Å². The Bertz CT molecular complexity index is 2810. The van der Waals surface area contributed by atoms with E-state index in [4.69, 9.17) is 9.97 Å². The van der Waals surface area contributed by atoms with Crippen LogP contribution in [0, 0.1) is 11.3 Å². The maximum atomic E-state index is 10.4. The highest BCUT2D eigenvalue weighted by atomic mass is 15.1. The molecule has 0 fully saturated rings. The summed E-state index contributed by atoms with van der Waals surface area (Å²) < 4.78 is 4.58. The predicted molar refractivity (Wildman–Crippen MR) is 171 cm³/mol. The zero-order valence-corrected chi connectivity index (χ0v) is 22.2. The fourth-order valence-corrected chi connectivity index (χ4v) is 7.22. The Kier molecular flexibility index (Phi) is 3.94. The van der Waals surface area contributed by atoms with Gasteiger partial charge in [-0.05, 0) is 47.2 Å². The maximum Gasteiger partial charge on any atom is 0.184 e. The summed E-state index contributed by atoms with van der Waals surface area (Å²) in [5.41, 5.74) is 7.37. The first-order valence-corrected chi connectivity index (χ1v) is 14.0. The van der Waals surface area contributed by atoms with Crippen LogP contribution in [0.5, 0.6) is 0 Å². The fraction of sp³-hybridized carbons (Fsp3) is 0. The molecule has 0 spiro atoms. The van der Waals surface area contributed by atoms with Crippen LogP contribution in [0.15, 0.2) is 115 Å². The van der Waals surface area contributed by atoms with E-state index in [-0.39, 0.29) is 0 Å². The van der Waals surface area contributed by atoms with Gasteiger partial charge in [0.2, 0.25) is 0 Å². The minimum Gasteiger partial charge on any atom is -0.308 e. The summed E-state index contributed by atoms with van der Waals surface area (Å²) in [4.78, 5) is 9.90. The molecule has 0 radical (unpaired) electrons. The minimum atomic E-state index is 0.305. The smallest absolute Gasteiger partial charge is 0.184 e. The number of aromatic nitrogens is 4. The van der Waals surface area contributed by atoms with E-state index in [0.717, 1.165) is 38.2 Å². The molecule has 0 aliphatic rings. The molecule has 0 saturated carbocycles. The Hall–Kier alpha value is -5.99. The second-order valence-electron chi connectivity index (χ2n) is 10.9. The number of benzene rings is 6. The summed E-state index contributed by atoms with van der Waals surface area (Å²) in [6, 6.07) is 42.6. The van der Waals surface area contributed by atoms with Crippen LogP contribution in [-0.4, -0.2) is 18.9 Å². The summed E-state index contributed by atoms with van der Waals surface area (Å²) in [5.74, 6) is 0.550. The molecule has 5 nitrogen and oxygen atoms in total. The molecule has 5 heteroatoms. The van der Waals surface area contributed by atoms with Gasteiger partial charge >= 0.3 is 0 Å². The molecule has 0 bridgehead atoms. The van der Waals surface area contributed by atoms with Gasteiger partial charge in [-0.15, -0.1) is 0 Å². The lowest BCUT2D eigenvalue weighted by Crippen LogP contribution is -2.04. The number of fused-ring (bicyclic) bond motifs is 13. The first-order chi connectivity index (χ1) is 20.8. The summed E-state index contributed by atoms with van der Waals surface area (Å²) >= 11 is 0. The minimum absolute atomic E-state index is 0.305. The van der Waals surface area contributed by atoms with Crippen molar-refractivity contribution in [3.63, 3.8) is 0 Å². The van der Waals surface area contributed by atoms with Crippen molar-refractivity contribution in [1.29, 1.82) is 5.26 Å². The van der Waals surface area contributed by atoms with Crippen LogP contribution in [-0.2, 0) is 0 Å². The molecule has 6 aromatic carbocycles. The monoisotopic (exact) mass is 533 g/mol. The Morgan fingerprint density at radius 2 is 1.19 bits per heavy atom. The third-order valence-electron chi connectivity index (χ3n) is 8.86. The van der Waals surface area contributed by atoms with Crippen LogP contribution in [0.4, 0.5) is 0 Å². The summed E-state index contributed by atoms with van der Waals surface area (Å²) in [6.07, 6.45) is 0. The molecule has 4 heterocycles. The number of nitrogens with zero attached hydrogens (tertiary/aromatic N) is 5. The number of hydrogen-bond donors (Lipinski definition) is 0. The van der Waals surface area contributed by atoms with Crippen molar-refractivity contribution < 1.29 is 0 Å². The first kappa shape index (κ1) is 21.8. The summed E-state index contributed by atoms with van der Waals surface area (Å²) in [7, 11) is 0. The predicted octanol–water partition coefficient (Wildman–Crippen LogP) is 8.90. The zero-order valence-electron chi connectivity index (χ0n) is 22.2. The average molecular weight is 534 g/mol. The van der Waals surface area contributed by atoms with E-state index in [1.165, 1.54) is 38.0 Å². The SMILES string of the molecule is N#Cc1nc2ccccc2nc1-n1c2ccc3ccccc3c2c2cc3c4ccccc4n4c5ccccc5c(c21)c34. The van der Waals surface area contributed by atoms with Gasteiger partial charge in [0.05, 0.1) is 38.6 Å². The normalized spacial score (nSPS) is 12.3. The van der Waals surface area contributed by atoms with Crippen LogP contribution in [0.1, 0.15) is 5.69 Å². The average Bonchev–Trinajstić information content (AvgIpc) is 3.68. The van der Waals surface area contributed by atoms with Crippen LogP contribution in [0.2, 0.25) is 0 Å². The van der Waals surface area contributed by atoms with Gasteiger partial charge in [0.15, 0.2) is 11.5 Å². The molecule has 0 saturated heterocycles. The number of para-hydroxylation sites is 4. The largest absolute Gasteiger partial charge is 0.308 e. The van der Waals surface area contributed by atoms with Crippen molar-refractivity contribution in [3.8, 4) is 11.9 Å². The van der Waals surface area contributed by atoms with Crippen molar-refractivity contribution in [2.75, 3.05) is 0 Å². The molecule has 4 aromatic heterocycles. The lowest BCUT2D eigenvalue weighted by atomic mass is 10.0. The molecular formula is C37H19N5. The van der Waals surface area contributed by atoms with Crippen LogP contribution >= 0.6 is 0 Å². The van der Waals surface area contributed by atoms with Gasteiger partial charge in [-0.1, -0.05) is 78.9 Å². The second-order valence-corrected chi connectivity index (χ2v) is 10.9. The maximum absolute atomic E-state index is 10.4. The Morgan fingerprint density at radius 3 is 2.00 bits per heavy atom. The van der Waals surface area contributed by atoms with E-state index < -0.39 is 0 Å². The third-order valence-corrected chi connectivity index (χ3v) is 8.86. The van der Waals surface area contributed by atoms with Gasteiger partial charge in [0.1, 0.15) is 6.07 Å². The van der Waals surface area contributed by atoms with Crippen molar-refractivity contribution >= 4 is 81.7 Å². The molecule has 0 N–H and O–H groups in total. The molecular weight excluding hydrogens is 514 g/mol. The van der Waals surface area contributed by atoms with Gasteiger partial charge in [-0.3, -0.25) is 4.57 Å². The highest BCUT2D eigenvalue weighted by molar-refractivity contribution is 6.36. The number of rotatable bonds is 1. The van der Waals surface area contributed by atoms with Crippen molar-refractivity contribution in [2.24, 2.45) is 0 Å². The quantitative estimate of drug-likeness (QED) is 0.212. The second kappa shape index (κ2) is 7.60. The zero-order chi connectivity index (χ0) is 27.5. The van der Waals surface area contributed by atoms with E-state index in [9.17, 15) is 5.26 Å². The highest BCUT2D eigenvalue weighted by Crippen LogP contribution is 2.47. The van der Waals surface area contributed by atoms with Gasteiger partial charge in [-0.25, -0.2) is 9.97 Å². The van der Waals surface area contributed by atoms with E-state index in [1.807, 2.05) is 24.3 Å². The van der Waals surface area contributed by atoms with E-state index in [1.54, 1.807) is 0 Å². The highest BCUT2D eigenvalue weighted by Gasteiger charge is 2.26. The molecule has 10 aromatic rings. The molecule has 0 aliphatic carbocycles. The molecule has 0 amide bonds. The molecule has 42 heavy (non-hydrogen) atoms. The topological polar surface area (TPSA) is 58.9 Å². The van der Waals surface area contributed by atoms with Gasteiger partial charge in [0, 0.05) is 32.3 Å². The van der Waals surface area contributed by atoms with Gasteiger partial charge in [0.25, 0.3) is 0 Å². The van der Waals surface area contributed by atoms with Crippen LogP contribution in [0.3, 0.4) is 0 Å². The molecule has 0 atom stereocenters. The number of nitriles is 1. The Labute approximate surface area is 238 Å². The Balaban J connectivity index is 1.57. The standard InChI is InChI=1S/C37H19N5/c38-20-29-37(40-28-14-6-5-13-27(28)39-29)42-32-18-17-21-9-1-2-10-22(21)33(32)26-19-25-23-11-3-7-15-30(23)41-31-16-8-4-12-24(31)34(35(25)41)36(26)42/h1-19H. The van der Waals surface area contributed by atoms with Crippen LogP contribution in [0.25, 0.3) is 87.5 Å². The molecule has 0 aliphatic heterocycles. The van der Waals surface area contributed by atoms with E-state index in [0.29, 0.717) is 17.0 Å². The van der Waals surface area contributed by atoms with E-state index >= 15 is 0 Å². The van der Waals surface area contributed by atoms with Gasteiger partial charge in [-0.2, -0.15) is 5.26 Å². The van der Waals surface area contributed by atoms with E-state index in [2.05, 4.69) is 106 Å². The summed E-state index contributed by atoms with van der Waals surface area (Å²) in [6.45, 7) is 0. The molecule has 0 unspecified atom stereocenters.